The van der Waals surface area contributed by atoms with Gasteiger partial charge in [0.15, 0.2) is 6.10 Å². The molecule has 184 valence electrons. The fourth-order valence-electron chi connectivity index (χ4n) is 5.29. The van der Waals surface area contributed by atoms with Crippen LogP contribution in [0, 0.1) is 5.82 Å². The number of aromatic nitrogens is 2. The fraction of sp³-hybridized carbons (Fsp3) is 0.259. The highest BCUT2D eigenvalue weighted by atomic mass is 35.5. The lowest BCUT2D eigenvalue weighted by Crippen LogP contribution is -2.49. The molecule has 2 aromatic carbocycles. The van der Waals surface area contributed by atoms with Gasteiger partial charge in [0.25, 0.3) is 5.91 Å². The lowest BCUT2D eigenvalue weighted by Gasteiger charge is -2.39. The van der Waals surface area contributed by atoms with Crippen LogP contribution in [0.1, 0.15) is 24.0 Å². The van der Waals surface area contributed by atoms with Crippen LogP contribution in [0.4, 0.5) is 4.39 Å². The second-order valence-electron chi connectivity index (χ2n) is 9.33. The molecule has 2 aliphatic heterocycles. The Hall–Kier alpha value is -3.13. The van der Waals surface area contributed by atoms with Crippen LogP contribution >= 0.6 is 23.2 Å². The summed E-state index contributed by atoms with van der Waals surface area (Å²) in [7, 11) is 0. The number of nitrogens with zero attached hydrogens (tertiary/aromatic N) is 2. The van der Waals surface area contributed by atoms with Crippen molar-refractivity contribution in [2.24, 2.45) is 0 Å². The number of hydrogen-bond acceptors (Lipinski definition) is 4. The summed E-state index contributed by atoms with van der Waals surface area (Å²) in [6.45, 7) is 0.669. The fourth-order valence-corrected chi connectivity index (χ4v) is 5.88. The molecule has 2 aliphatic rings. The minimum Gasteiger partial charge on any atom is -0.479 e. The number of carbonyl (C=O) groups excluding carboxylic acids is 1. The molecule has 0 bridgehead atoms. The minimum absolute atomic E-state index is 0.137. The van der Waals surface area contributed by atoms with Crippen LogP contribution in [0.3, 0.4) is 0 Å². The van der Waals surface area contributed by atoms with Gasteiger partial charge >= 0.3 is 0 Å². The highest BCUT2D eigenvalue weighted by Gasteiger charge is 2.40. The van der Waals surface area contributed by atoms with Crippen molar-refractivity contribution in [2.45, 2.75) is 31.0 Å². The summed E-state index contributed by atoms with van der Waals surface area (Å²) in [5, 5.41) is 12.9. The number of nitrogens with one attached hydrogen (secondary N) is 1. The van der Waals surface area contributed by atoms with E-state index in [4.69, 9.17) is 27.9 Å². The van der Waals surface area contributed by atoms with Crippen molar-refractivity contribution in [3.63, 3.8) is 0 Å². The first-order chi connectivity index (χ1) is 17.3. The van der Waals surface area contributed by atoms with E-state index >= 15 is 0 Å². The molecule has 0 unspecified atom stereocenters. The molecule has 36 heavy (non-hydrogen) atoms. The standard InChI is InChI=1S/C27H22Cl2FN3O3/c28-16-11-15-12-23(36-24(15)20(13-16)18-3-7-31-25-19(18)4-8-32-25)26(34)33-9-5-27(35,6-10-33)21-2-1-17(30)14-22(21)29/h1-4,7-8,11,13-14,23,35H,5-6,9-10,12H2,(H,31,32)/t23-/m0/s1. The number of amides is 1. The van der Waals surface area contributed by atoms with Crippen LogP contribution in [-0.4, -0.2) is 45.1 Å². The second-order valence-corrected chi connectivity index (χ2v) is 10.2. The van der Waals surface area contributed by atoms with Gasteiger partial charge in [0, 0.05) is 64.0 Å². The summed E-state index contributed by atoms with van der Waals surface area (Å²) in [5.41, 5.74) is 2.64. The summed E-state index contributed by atoms with van der Waals surface area (Å²) < 4.78 is 19.7. The topological polar surface area (TPSA) is 78.5 Å². The van der Waals surface area contributed by atoms with Gasteiger partial charge in [-0.15, -0.1) is 0 Å². The van der Waals surface area contributed by atoms with Crippen LogP contribution in [0.5, 0.6) is 5.75 Å². The van der Waals surface area contributed by atoms with Crippen molar-refractivity contribution in [2.75, 3.05) is 13.1 Å². The number of ether oxygens (including phenoxy) is 1. The molecule has 1 amide bonds. The van der Waals surface area contributed by atoms with Crippen molar-refractivity contribution in [3.8, 4) is 16.9 Å². The monoisotopic (exact) mass is 525 g/mol. The van der Waals surface area contributed by atoms with E-state index in [9.17, 15) is 14.3 Å². The van der Waals surface area contributed by atoms with E-state index in [1.54, 1.807) is 11.1 Å². The third-order valence-electron chi connectivity index (χ3n) is 7.16. The smallest absolute Gasteiger partial charge is 0.263 e. The lowest BCUT2D eigenvalue weighted by atomic mass is 9.84. The number of aliphatic hydroxyl groups is 1. The van der Waals surface area contributed by atoms with Gasteiger partial charge in [0.1, 0.15) is 17.2 Å². The quantitative estimate of drug-likeness (QED) is 0.370. The van der Waals surface area contributed by atoms with Crippen LogP contribution in [-0.2, 0) is 16.8 Å². The maximum absolute atomic E-state index is 13.5. The third-order valence-corrected chi connectivity index (χ3v) is 7.69. The van der Waals surface area contributed by atoms with Crippen molar-refractivity contribution < 1.29 is 19.0 Å². The van der Waals surface area contributed by atoms with E-state index in [1.807, 2.05) is 30.5 Å². The molecule has 1 fully saturated rings. The van der Waals surface area contributed by atoms with Crippen molar-refractivity contribution in [1.82, 2.24) is 14.9 Å². The molecule has 4 aromatic rings. The zero-order chi connectivity index (χ0) is 25.0. The Morgan fingerprint density at radius 1 is 1.14 bits per heavy atom. The normalized spacial score (nSPS) is 18.8. The number of benzene rings is 2. The Bertz CT molecular complexity index is 1500. The van der Waals surface area contributed by atoms with E-state index in [0.29, 0.717) is 48.7 Å². The highest BCUT2D eigenvalue weighted by Crippen LogP contribution is 2.44. The Kier molecular flexibility index (Phi) is 5.67. The first-order valence-corrected chi connectivity index (χ1v) is 12.5. The summed E-state index contributed by atoms with van der Waals surface area (Å²) in [6, 6.07) is 11.5. The molecule has 6 rings (SSSR count). The molecule has 0 radical (unpaired) electrons. The molecule has 0 aliphatic carbocycles. The van der Waals surface area contributed by atoms with Gasteiger partial charge in [0.2, 0.25) is 0 Å². The molecular weight excluding hydrogens is 504 g/mol. The number of pyridine rings is 1. The Morgan fingerprint density at radius 3 is 2.72 bits per heavy atom. The van der Waals surface area contributed by atoms with Gasteiger partial charge < -0.3 is 19.7 Å². The predicted octanol–water partition coefficient (Wildman–Crippen LogP) is 5.49. The number of piperidine rings is 1. The predicted molar refractivity (Wildman–Crippen MR) is 136 cm³/mol. The number of hydrogen-bond donors (Lipinski definition) is 2. The van der Waals surface area contributed by atoms with Crippen molar-refractivity contribution in [3.05, 3.63) is 81.8 Å². The van der Waals surface area contributed by atoms with Crippen molar-refractivity contribution >= 4 is 40.1 Å². The first-order valence-electron chi connectivity index (χ1n) is 11.7. The van der Waals surface area contributed by atoms with Crippen LogP contribution in [0.25, 0.3) is 22.2 Å². The molecule has 1 saturated heterocycles. The van der Waals surface area contributed by atoms with Crippen LogP contribution < -0.4 is 4.74 Å². The van der Waals surface area contributed by atoms with Crippen LogP contribution in [0.2, 0.25) is 10.0 Å². The molecule has 2 N–H and O–H groups in total. The van der Waals surface area contributed by atoms with E-state index in [1.165, 1.54) is 18.2 Å². The number of fused-ring (bicyclic) bond motifs is 2. The van der Waals surface area contributed by atoms with Crippen molar-refractivity contribution in [1.29, 1.82) is 0 Å². The van der Waals surface area contributed by atoms with Gasteiger partial charge in [-0.05, 0) is 54.8 Å². The Labute approximate surface area is 216 Å². The van der Waals surface area contributed by atoms with Gasteiger partial charge in [0.05, 0.1) is 5.60 Å². The molecule has 1 atom stereocenters. The minimum atomic E-state index is -1.22. The average Bonchev–Trinajstić information content (AvgIpc) is 3.50. The maximum atomic E-state index is 13.5. The molecule has 4 heterocycles. The number of likely N-dealkylation sites (tertiary alicyclic amines) is 1. The summed E-state index contributed by atoms with van der Waals surface area (Å²) in [4.78, 5) is 22.6. The average molecular weight is 526 g/mol. The molecule has 2 aromatic heterocycles. The third kappa shape index (κ3) is 3.92. The van der Waals surface area contributed by atoms with Crippen LogP contribution in [0.15, 0.2) is 54.9 Å². The zero-order valence-corrected chi connectivity index (χ0v) is 20.6. The molecular formula is C27H22Cl2FN3O3. The molecule has 0 spiro atoms. The van der Waals surface area contributed by atoms with Gasteiger partial charge in [-0.25, -0.2) is 9.37 Å². The lowest BCUT2D eigenvalue weighted by molar-refractivity contribution is -0.142. The summed E-state index contributed by atoms with van der Waals surface area (Å²) in [5.74, 6) is 0.0569. The SMILES string of the molecule is O=C([C@@H]1Cc2cc(Cl)cc(-c3ccnc4[nH]ccc34)c2O1)N1CCC(O)(c2ccc(F)cc2Cl)CC1. The number of H-pyrrole nitrogens is 1. The highest BCUT2D eigenvalue weighted by molar-refractivity contribution is 6.31. The Balaban J connectivity index is 1.22. The largest absolute Gasteiger partial charge is 0.479 e. The number of aromatic amines is 1. The first kappa shape index (κ1) is 23.3. The van der Waals surface area contributed by atoms with Gasteiger partial charge in [-0.3, -0.25) is 4.79 Å². The molecule has 9 heteroatoms. The molecule has 6 nitrogen and oxygen atoms in total. The van der Waals surface area contributed by atoms with E-state index in [-0.39, 0.29) is 10.9 Å². The molecule has 0 saturated carbocycles. The number of rotatable bonds is 3. The number of halogens is 3. The van der Waals surface area contributed by atoms with Gasteiger partial charge in [-0.2, -0.15) is 0 Å². The zero-order valence-electron chi connectivity index (χ0n) is 19.1. The second kappa shape index (κ2) is 8.76. The van der Waals surface area contributed by atoms with E-state index in [2.05, 4.69) is 9.97 Å². The van der Waals surface area contributed by atoms with E-state index < -0.39 is 17.5 Å². The van der Waals surface area contributed by atoms with E-state index in [0.717, 1.165) is 27.7 Å². The van der Waals surface area contributed by atoms with Gasteiger partial charge in [-0.1, -0.05) is 29.3 Å². The Morgan fingerprint density at radius 2 is 1.94 bits per heavy atom. The summed E-state index contributed by atoms with van der Waals surface area (Å²) in [6.07, 6.45) is 3.87. The number of carbonyl (C=O) groups is 1. The summed E-state index contributed by atoms with van der Waals surface area (Å²) >= 11 is 12.7. The maximum Gasteiger partial charge on any atom is 0.263 e.